The minimum Gasteiger partial charge on any atom is -0.288 e. The largest absolute Gasteiger partial charge is 0.288 e. The Bertz CT molecular complexity index is 1240. The van der Waals surface area contributed by atoms with Crippen LogP contribution in [0.25, 0.3) is 6.08 Å². The molecule has 186 valence electrons. The van der Waals surface area contributed by atoms with E-state index in [1.54, 1.807) is 4.31 Å². The van der Waals surface area contributed by atoms with Crippen LogP contribution in [0, 0.1) is 5.92 Å². The van der Waals surface area contributed by atoms with Gasteiger partial charge in [-0.25, -0.2) is 12.7 Å². The zero-order chi connectivity index (χ0) is 24.5. The number of hydrogen-bond acceptors (Lipinski definition) is 6. The summed E-state index contributed by atoms with van der Waals surface area (Å²) in [6.07, 6.45) is 10.3. The molecule has 0 saturated carbocycles. The summed E-state index contributed by atoms with van der Waals surface area (Å²) < 4.78 is 53.3. The number of hydrogen-bond donors (Lipinski definition) is 0. The van der Waals surface area contributed by atoms with Gasteiger partial charge < -0.3 is 0 Å². The maximum absolute atomic E-state index is 12.0. The third-order valence-corrected chi connectivity index (χ3v) is 8.85. The summed E-state index contributed by atoms with van der Waals surface area (Å²) in [6, 6.07) is 5.96. The van der Waals surface area contributed by atoms with E-state index in [0.29, 0.717) is 31.0 Å². The lowest BCUT2D eigenvalue weighted by molar-refractivity contribution is 0.265. The summed E-state index contributed by atoms with van der Waals surface area (Å²) in [5.74, 6) is 0.320. The molecule has 1 aliphatic carbocycles. The second-order valence-corrected chi connectivity index (χ2v) is 13.3. The van der Waals surface area contributed by atoms with Crippen molar-refractivity contribution in [2.75, 3.05) is 38.8 Å². The van der Waals surface area contributed by atoms with Crippen molar-refractivity contribution in [2.45, 2.75) is 38.0 Å². The average molecular weight is 527 g/mol. The SMILES string of the molecule is CS(=O)(=O)OCCCC1=Cc2cc(Cl)ccc2C(C2CCN(S(C)(=O)=O)CC2)C2=NCCC=C12. The van der Waals surface area contributed by atoms with Gasteiger partial charge in [0, 0.05) is 36.3 Å². The van der Waals surface area contributed by atoms with Crippen molar-refractivity contribution >= 4 is 43.5 Å². The molecule has 0 aromatic heterocycles. The smallest absolute Gasteiger partial charge is 0.264 e. The molecule has 34 heavy (non-hydrogen) atoms. The summed E-state index contributed by atoms with van der Waals surface area (Å²) in [5, 5.41) is 0.654. The second-order valence-electron chi connectivity index (χ2n) is 9.22. The van der Waals surface area contributed by atoms with E-state index in [1.165, 1.54) is 6.26 Å². The van der Waals surface area contributed by atoms with E-state index in [4.69, 9.17) is 20.8 Å². The lowest BCUT2D eigenvalue weighted by Gasteiger charge is -2.37. The van der Waals surface area contributed by atoms with Crippen LogP contribution in [-0.2, 0) is 24.3 Å². The van der Waals surface area contributed by atoms with Crippen LogP contribution in [0.5, 0.6) is 0 Å². The molecule has 4 rings (SSSR count). The fourth-order valence-corrected chi connectivity index (χ4v) is 6.68. The third-order valence-electron chi connectivity index (χ3n) is 6.72. The lowest BCUT2D eigenvalue weighted by atomic mass is 9.74. The summed E-state index contributed by atoms with van der Waals surface area (Å²) in [6.45, 7) is 1.88. The standard InChI is InChI=1S/C24H31ClN2O5S2/c1-33(28,29)27-12-9-17(10-13-27)23-21-8-7-20(25)16-19(21)15-18(5-4-14-32-34(2,30)31)22-6-3-11-26-24(22)23/h6-8,15-17,23H,3-5,9-14H2,1-2H3. The van der Waals surface area contributed by atoms with Gasteiger partial charge in [0.15, 0.2) is 0 Å². The van der Waals surface area contributed by atoms with Gasteiger partial charge >= 0.3 is 0 Å². The van der Waals surface area contributed by atoms with E-state index in [0.717, 1.165) is 60.0 Å². The van der Waals surface area contributed by atoms with Gasteiger partial charge in [0.2, 0.25) is 10.0 Å². The van der Waals surface area contributed by atoms with E-state index in [-0.39, 0.29) is 18.4 Å². The Morgan fingerprint density at radius 1 is 1.15 bits per heavy atom. The molecule has 0 amide bonds. The van der Waals surface area contributed by atoms with Crippen LogP contribution in [0.15, 0.2) is 40.4 Å². The second kappa shape index (κ2) is 10.2. The molecule has 3 aliphatic rings. The Hall–Kier alpha value is -1.52. The van der Waals surface area contributed by atoms with Gasteiger partial charge in [0.1, 0.15) is 0 Å². The third kappa shape index (κ3) is 5.99. The zero-order valence-electron chi connectivity index (χ0n) is 19.5. The van der Waals surface area contributed by atoms with Crippen molar-refractivity contribution in [3.8, 4) is 0 Å². The molecule has 2 aliphatic heterocycles. The number of sulfonamides is 1. The molecule has 10 heteroatoms. The molecule has 1 aromatic rings. The van der Waals surface area contributed by atoms with Gasteiger partial charge in [-0.2, -0.15) is 8.42 Å². The van der Waals surface area contributed by atoms with Crippen LogP contribution >= 0.6 is 11.6 Å². The quantitative estimate of drug-likeness (QED) is 0.395. The fourth-order valence-electron chi connectivity index (χ4n) is 5.21. The number of rotatable bonds is 7. The molecule has 0 radical (unpaired) electrons. The highest BCUT2D eigenvalue weighted by Gasteiger charge is 2.37. The molecule has 1 atom stereocenters. The maximum Gasteiger partial charge on any atom is 0.264 e. The Labute approximate surface area is 207 Å². The Morgan fingerprint density at radius 2 is 1.88 bits per heavy atom. The Kier molecular flexibility index (Phi) is 7.69. The molecule has 7 nitrogen and oxygen atoms in total. The first-order valence-electron chi connectivity index (χ1n) is 11.6. The number of fused-ring (bicyclic) bond motifs is 2. The topological polar surface area (TPSA) is 93.1 Å². The van der Waals surface area contributed by atoms with Gasteiger partial charge in [-0.15, -0.1) is 0 Å². The molecule has 0 spiro atoms. The minimum absolute atomic E-state index is 0.0570. The average Bonchev–Trinajstić information content (AvgIpc) is 2.90. The molecule has 2 heterocycles. The van der Waals surface area contributed by atoms with Gasteiger partial charge in [-0.1, -0.05) is 29.8 Å². The van der Waals surface area contributed by atoms with Gasteiger partial charge in [-0.05, 0) is 72.4 Å². The highest BCUT2D eigenvalue weighted by Crippen LogP contribution is 2.44. The predicted molar refractivity (Wildman–Crippen MR) is 136 cm³/mol. The Balaban J connectivity index is 1.66. The van der Waals surface area contributed by atoms with Crippen molar-refractivity contribution in [3.63, 3.8) is 0 Å². The molecule has 1 aromatic carbocycles. The molecule has 1 saturated heterocycles. The van der Waals surface area contributed by atoms with Crippen LogP contribution in [0.4, 0.5) is 0 Å². The lowest BCUT2D eigenvalue weighted by Crippen LogP contribution is -2.40. The van der Waals surface area contributed by atoms with Crippen molar-refractivity contribution in [1.29, 1.82) is 0 Å². The first-order valence-corrected chi connectivity index (χ1v) is 15.6. The van der Waals surface area contributed by atoms with Crippen LogP contribution < -0.4 is 0 Å². The van der Waals surface area contributed by atoms with Gasteiger partial charge in [-0.3, -0.25) is 9.18 Å². The normalized spacial score (nSPS) is 22.2. The Morgan fingerprint density at radius 3 is 2.56 bits per heavy atom. The number of nitrogens with zero attached hydrogens (tertiary/aromatic N) is 2. The molecule has 1 fully saturated rings. The van der Waals surface area contributed by atoms with Gasteiger partial charge in [0.05, 0.1) is 19.1 Å². The van der Waals surface area contributed by atoms with Crippen molar-refractivity contribution in [2.24, 2.45) is 10.9 Å². The van der Waals surface area contributed by atoms with Crippen molar-refractivity contribution < 1.29 is 21.0 Å². The number of aliphatic imine (C=N–C) groups is 1. The summed E-state index contributed by atoms with van der Waals surface area (Å²) in [7, 11) is -6.67. The van der Waals surface area contributed by atoms with Crippen LogP contribution in [-0.4, -0.2) is 65.6 Å². The fraction of sp³-hybridized carbons (Fsp3) is 0.542. The van der Waals surface area contributed by atoms with E-state index in [1.807, 2.05) is 12.1 Å². The molecule has 0 N–H and O–H groups in total. The number of piperidine rings is 1. The molecule has 0 bridgehead atoms. The molecule has 1 unspecified atom stereocenters. The van der Waals surface area contributed by atoms with E-state index >= 15 is 0 Å². The first kappa shape index (κ1) is 25.6. The molecular weight excluding hydrogens is 496 g/mol. The maximum atomic E-state index is 12.0. The first-order chi connectivity index (χ1) is 16.0. The summed E-state index contributed by atoms with van der Waals surface area (Å²) >= 11 is 6.38. The number of dihydropyridines is 1. The van der Waals surface area contributed by atoms with E-state index in [9.17, 15) is 16.8 Å². The number of halogens is 1. The van der Waals surface area contributed by atoms with E-state index in [2.05, 4.69) is 18.2 Å². The zero-order valence-corrected chi connectivity index (χ0v) is 21.9. The summed E-state index contributed by atoms with van der Waals surface area (Å²) in [5.41, 5.74) is 5.49. The van der Waals surface area contributed by atoms with Gasteiger partial charge in [0.25, 0.3) is 10.1 Å². The monoisotopic (exact) mass is 526 g/mol. The van der Waals surface area contributed by atoms with Crippen molar-refractivity contribution in [3.05, 3.63) is 51.6 Å². The van der Waals surface area contributed by atoms with E-state index < -0.39 is 20.1 Å². The van der Waals surface area contributed by atoms with Crippen molar-refractivity contribution in [1.82, 2.24) is 4.31 Å². The summed E-state index contributed by atoms with van der Waals surface area (Å²) in [4.78, 5) is 4.99. The highest BCUT2D eigenvalue weighted by molar-refractivity contribution is 7.88. The van der Waals surface area contributed by atoms with Crippen LogP contribution in [0.1, 0.15) is 49.1 Å². The van der Waals surface area contributed by atoms with Crippen LogP contribution in [0.2, 0.25) is 5.02 Å². The number of allylic oxidation sites excluding steroid dienone is 2. The highest BCUT2D eigenvalue weighted by atomic mass is 35.5. The minimum atomic E-state index is -3.47. The number of benzene rings is 1. The predicted octanol–water partition coefficient (Wildman–Crippen LogP) is 4.02. The molecular formula is C24H31ClN2O5S2. The van der Waals surface area contributed by atoms with Crippen LogP contribution in [0.3, 0.4) is 0 Å².